The lowest BCUT2D eigenvalue weighted by atomic mass is 9.98. The molecule has 6 heteroatoms. The zero-order valence-corrected chi connectivity index (χ0v) is 18.2. The van der Waals surface area contributed by atoms with E-state index >= 15 is 0 Å². The topological polar surface area (TPSA) is 45.1 Å². The van der Waals surface area contributed by atoms with Gasteiger partial charge in [0, 0.05) is 18.5 Å². The summed E-state index contributed by atoms with van der Waals surface area (Å²) in [5.74, 6) is 0.226. The van der Waals surface area contributed by atoms with Gasteiger partial charge in [0.2, 0.25) is 0 Å². The SMILES string of the molecule is COc1ccccc1C1=NN(C(=O)CN(C)Cc2ccccc2)[C@@H](c2cccc(F)c2)C1. The van der Waals surface area contributed by atoms with Gasteiger partial charge in [0.25, 0.3) is 5.91 Å². The summed E-state index contributed by atoms with van der Waals surface area (Å²) < 4.78 is 19.5. The van der Waals surface area contributed by atoms with E-state index in [9.17, 15) is 9.18 Å². The minimum absolute atomic E-state index is 0.136. The fraction of sp³-hybridized carbons (Fsp3) is 0.231. The summed E-state index contributed by atoms with van der Waals surface area (Å²) in [7, 11) is 3.52. The van der Waals surface area contributed by atoms with Crippen molar-refractivity contribution in [1.29, 1.82) is 0 Å². The third kappa shape index (κ3) is 4.86. The molecule has 5 nitrogen and oxygen atoms in total. The summed E-state index contributed by atoms with van der Waals surface area (Å²) in [6.45, 7) is 0.845. The highest BCUT2D eigenvalue weighted by Crippen LogP contribution is 2.35. The number of rotatable bonds is 7. The van der Waals surface area contributed by atoms with Crippen molar-refractivity contribution in [2.24, 2.45) is 5.10 Å². The van der Waals surface area contributed by atoms with Crippen molar-refractivity contribution in [2.75, 3.05) is 20.7 Å². The molecule has 0 saturated carbocycles. The number of nitrogens with zero attached hydrogens (tertiary/aromatic N) is 3. The molecule has 0 spiro atoms. The molecule has 0 aromatic heterocycles. The van der Waals surface area contributed by atoms with Gasteiger partial charge in [-0.15, -0.1) is 0 Å². The first-order valence-corrected chi connectivity index (χ1v) is 10.6. The Morgan fingerprint density at radius 3 is 2.59 bits per heavy atom. The van der Waals surface area contributed by atoms with E-state index in [0.717, 1.165) is 22.4 Å². The highest BCUT2D eigenvalue weighted by Gasteiger charge is 2.34. The second kappa shape index (κ2) is 9.75. The number of para-hydroxylation sites is 1. The van der Waals surface area contributed by atoms with Crippen LogP contribution in [0.3, 0.4) is 0 Å². The summed E-state index contributed by atoms with van der Waals surface area (Å²) in [5, 5.41) is 6.18. The number of carbonyl (C=O) groups excluding carboxylic acids is 1. The van der Waals surface area contributed by atoms with E-state index in [1.165, 1.54) is 17.1 Å². The second-order valence-electron chi connectivity index (χ2n) is 7.92. The van der Waals surface area contributed by atoms with Gasteiger partial charge < -0.3 is 4.74 Å². The van der Waals surface area contributed by atoms with Crippen molar-refractivity contribution >= 4 is 11.6 Å². The predicted molar refractivity (Wildman–Crippen MR) is 123 cm³/mol. The monoisotopic (exact) mass is 431 g/mol. The van der Waals surface area contributed by atoms with E-state index in [2.05, 4.69) is 5.10 Å². The van der Waals surface area contributed by atoms with Gasteiger partial charge in [-0.05, 0) is 42.4 Å². The molecule has 1 heterocycles. The number of benzene rings is 3. The van der Waals surface area contributed by atoms with Crippen LogP contribution in [-0.2, 0) is 11.3 Å². The second-order valence-corrected chi connectivity index (χ2v) is 7.92. The molecule has 0 radical (unpaired) electrons. The Labute approximate surface area is 187 Å². The van der Waals surface area contributed by atoms with Gasteiger partial charge >= 0.3 is 0 Å². The average Bonchev–Trinajstić information content (AvgIpc) is 3.25. The molecule has 0 bridgehead atoms. The standard InChI is InChI=1S/C26H26FN3O2/c1-29(17-19-9-4-3-5-10-19)18-26(31)30-24(20-11-8-12-21(27)15-20)16-23(28-30)22-13-6-7-14-25(22)32-2/h3-15,24H,16-18H2,1-2H3/t24-/m1/s1. The summed E-state index contributed by atoms with van der Waals surface area (Å²) >= 11 is 0. The lowest BCUT2D eigenvalue weighted by Gasteiger charge is -2.25. The van der Waals surface area contributed by atoms with Crippen LogP contribution < -0.4 is 4.74 Å². The molecule has 32 heavy (non-hydrogen) atoms. The normalized spacial score (nSPS) is 15.7. The van der Waals surface area contributed by atoms with Crippen LogP contribution in [0, 0.1) is 5.82 Å². The number of likely N-dealkylation sites (N-methyl/N-ethyl adjacent to an activating group) is 1. The van der Waals surface area contributed by atoms with Crippen molar-refractivity contribution in [3.8, 4) is 5.75 Å². The molecule has 1 amide bonds. The third-order valence-corrected chi connectivity index (χ3v) is 5.52. The lowest BCUT2D eigenvalue weighted by molar-refractivity contribution is -0.134. The maximum atomic E-state index is 14.0. The van der Waals surface area contributed by atoms with E-state index in [1.807, 2.05) is 72.6 Å². The predicted octanol–water partition coefficient (Wildman–Crippen LogP) is 4.64. The van der Waals surface area contributed by atoms with Crippen LogP contribution in [-0.4, -0.2) is 42.2 Å². The maximum absolute atomic E-state index is 14.0. The van der Waals surface area contributed by atoms with Crippen molar-refractivity contribution < 1.29 is 13.9 Å². The van der Waals surface area contributed by atoms with Gasteiger partial charge in [0.1, 0.15) is 11.6 Å². The molecule has 0 N–H and O–H groups in total. The van der Waals surface area contributed by atoms with Crippen molar-refractivity contribution in [3.05, 3.63) is 101 Å². The van der Waals surface area contributed by atoms with E-state index in [0.29, 0.717) is 18.7 Å². The zero-order valence-electron chi connectivity index (χ0n) is 18.2. The number of hydrogen-bond donors (Lipinski definition) is 0. The number of halogens is 1. The molecule has 0 aliphatic carbocycles. The fourth-order valence-corrected chi connectivity index (χ4v) is 4.01. The van der Waals surface area contributed by atoms with Crippen LogP contribution in [0.25, 0.3) is 0 Å². The van der Waals surface area contributed by atoms with Gasteiger partial charge in [-0.25, -0.2) is 9.40 Å². The van der Waals surface area contributed by atoms with Gasteiger partial charge in [-0.3, -0.25) is 9.69 Å². The molecule has 1 aliphatic heterocycles. The third-order valence-electron chi connectivity index (χ3n) is 5.52. The molecule has 3 aromatic rings. The van der Waals surface area contributed by atoms with Crippen LogP contribution in [0.4, 0.5) is 4.39 Å². The molecule has 0 fully saturated rings. The molecule has 1 atom stereocenters. The summed E-state index contributed by atoms with van der Waals surface area (Å²) in [5.41, 5.74) is 3.43. The molecule has 0 unspecified atom stereocenters. The van der Waals surface area contributed by atoms with E-state index < -0.39 is 0 Å². The number of hydrogen-bond acceptors (Lipinski definition) is 4. The van der Waals surface area contributed by atoms with Gasteiger partial charge in [-0.2, -0.15) is 5.10 Å². The Morgan fingerprint density at radius 2 is 1.84 bits per heavy atom. The van der Waals surface area contributed by atoms with E-state index in [4.69, 9.17) is 4.74 Å². The van der Waals surface area contributed by atoms with Crippen molar-refractivity contribution in [3.63, 3.8) is 0 Å². The van der Waals surface area contributed by atoms with Crippen LogP contribution in [0.1, 0.15) is 29.2 Å². The summed E-state index contributed by atoms with van der Waals surface area (Å²) in [6, 6.07) is 23.6. The van der Waals surface area contributed by atoms with Gasteiger partial charge in [0.15, 0.2) is 0 Å². The fourth-order valence-electron chi connectivity index (χ4n) is 4.01. The quantitative estimate of drug-likeness (QED) is 0.547. The van der Waals surface area contributed by atoms with Crippen molar-refractivity contribution in [1.82, 2.24) is 9.91 Å². The molecular weight excluding hydrogens is 405 g/mol. The minimum atomic E-state index is -0.372. The highest BCUT2D eigenvalue weighted by molar-refractivity contribution is 6.05. The van der Waals surface area contributed by atoms with E-state index in [-0.39, 0.29) is 24.3 Å². The number of carbonyl (C=O) groups is 1. The van der Waals surface area contributed by atoms with Crippen molar-refractivity contribution in [2.45, 2.75) is 19.0 Å². The smallest absolute Gasteiger partial charge is 0.257 e. The number of hydrazone groups is 1. The summed E-state index contributed by atoms with van der Waals surface area (Å²) in [6.07, 6.45) is 0.484. The molecule has 0 saturated heterocycles. The Kier molecular flexibility index (Phi) is 6.61. The first kappa shape index (κ1) is 21.7. The molecule has 1 aliphatic rings. The van der Waals surface area contributed by atoms with Crippen LogP contribution in [0.2, 0.25) is 0 Å². The maximum Gasteiger partial charge on any atom is 0.257 e. The van der Waals surface area contributed by atoms with Crippen LogP contribution >= 0.6 is 0 Å². The lowest BCUT2D eigenvalue weighted by Crippen LogP contribution is -2.36. The van der Waals surface area contributed by atoms with Crippen LogP contribution in [0.15, 0.2) is 84.0 Å². The van der Waals surface area contributed by atoms with Gasteiger partial charge in [-0.1, -0.05) is 54.6 Å². The zero-order chi connectivity index (χ0) is 22.5. The van der Waals surface area contributed by atoms with Crippen LogP contribution in [0.5, 0.6) is 5.75 Å². The molecule has 164 valence electrons. The summed E-state index contributed by atoms with van der Waals surface area (Å²) in [4.78, 5) is 15.3. The Hall–Kier alpha value is -3.51. The number of ether oxygens (including phenoxy) is 1. The first-order chi connectivity index (χ1) is 15.5. The minimum Gasteiger partial charge on any atom is -0.496 e. The number of methoxy groups -OCH3 is 1. The Bertz CT molecular complexity index is 1120. The number of amides is 1. The van der Waals surface area contributed by atoms with E-state index in [1.54, 1.807) is 13.2 Å². The van der Waals surface area contributed by atoms with Gasteiger partial charge in [0.05, 0.1) is 25.4 Å². The first-order valence-electron chi connectivity index (χ1n) is 10.6. The highest BCUT2D eigenvalue weighted by atomic mass is 19.1. The molecular formula is C26H26FN3O2. The molecule has 3 aromatic carbocycles. The largest absolute Gasteiger partial charge is 0.496 e. The Balaban J connectivity index is 1.60. The average molecular weight is 432 g/mol. The molecule has 4 rings (SSSR count). The Morgan fingerprint density at radius 1 is 1.09 bits per heavy atom.